The van der Waals surface area contributed by atoms with E-state index in [1.165, 1.54) is 0 Å². The smallest absolute Gasteiger partial charge is 0.343 e. The van der Waals surface area contributed by atoms with Crippen LogP contribution in [-0.2, 0) is 0 Å². The third kappa shape index (κ3) is 4.08. The molecule has 0 unspecified atom stereocenters. The standard InChI is InChI=1S/C26H20O4/c1-17-9-13-20(14-10-17)25(27)29-22-7-3-5-19-6-4-8-23(24(19)22)30-26(28)21-15-11-18(2)12-16-21/h3-16H,1-2H3. The van der Waals surface area contributed by atoms with Crippen molar-refractivity contribution < 1.29 is 19.1 Å². The van der Waals surface area contributed by atoms with E-state index in [0.717, 1.165) is 16.5 Å². The minimum absolute atomic E-state index is 0.338. The largest absolute Gasteiger partial charge is 0.422 e. The summed E-state index contributed by atoms with van der Waals surface area (Å²) >= 11 is 0. The molecule has 0 aliphatic carbocycles. The highest BCUT2D eigenvalue weighted by Gasteiger charge is 2.16. The average molecular weight is 396 g/mol. The molecule has 4 rings (SSSR count). The van der Waals surface area contributed by atoms with Gasteiger partial charge < -0.3 is 9.47 Å². The van der Waals surface area contributed by atoms with Crippen molar-refractivity contribution in [2.75, 3.05) is 0 Å². The molecule has 4 aromatic carbocycles. The summed E-state index contributed by atoms with van der Waals surface area (Å²) < 4.78 is 11.3. The Labute approximate surface area is 174 Å². The van der Waals surface area contributed by atoms with Gasteiger partial charge in [0, 0.05) is 0 Å². The van der Waals surface area contributed by atoms with E-state index in [0.29, 0.717) is 28.0 Å². The van der Waals surface area contributed by atoms with Crippen LogP contribution in [0.1, 0.15) is 31.8 Å². The van der Waals surface area contributed by atoms with Crippen molar-refractivity contribution in [3.8, 4) is 11.5 Å². The molecule has 30 heavy (non-hydrogen) atoms. The van der Waals surface area contributed by atoms with Crippen LogP contribution >= 0.6 is 0 Å². The van der Waals surface area contributed by atoms with Gasteiger partial charge in [0.15, 0.2) is 0 Å². The van der Waals surface area contributed by atoms with Crippen LogP contribution in [0, 0.1) is 13.8 Å². The second-order valence-electron chi connectivity index (χ2n) is 7.12. The summed E-state index contributed by atoms with van der Waals surface area (Å²) in [6.45, 7) is 3.91. The summed E-state index contributed by atoms with van der Waals surface area (Å²) in [5, 5.41) is 1.37. The maximum Gasteiger partial charge on any atom is 0.343 e. The predicted octanol–water partition coefficient (Wildman–Crippen LogP) is 5.90. The normalized spacial score (nSPS) is 10.6. The van der Waals surface area contributed by atoms with Gasteiger partial charge in [-0.05, 0) is 55.6 Å². The lowest BCUT2D eigenvalue weighted by Crippen LogP contribution is -2.11. The molecule has 4 heteroatoms. The Balaban J connectivity index is 1.67. The van der Waals surface area contributed by atoms with Crippen LogP contribution in [-0.4, -0.2) is 11.9 Å². The summed E-state index contributed by atoms with van der Waals surface area (Å²) in [4.78, 5) is 25.3. The van der Waals surface area contributed by atoms with E-state index in [1.807, 2.05) is 50.2 Å². The van der Waals surface area contributed by atoms with E-state index in [2.05, 4.69) is 0 Å². The number of esters is 2. The molecular weight excluding hydrogens is 376 g/mol. The first-order valence-corrected chi connectivity index (χ1v) is 9.61. The van der Waals surface area contributed by atoms with Gasteiger partial charge in [0.25, 0.3) is 0 Å². The Morgan fingerprint density at radius 3 is 1.37 bits per heavy atom. The second kappa shape index (κ2) is 8.21. The number of hydrogen-bond acceptors (Lipinski definition) is 4. The molecule has 0 saturated carbocycles. The second-order valence-corrected chi connectivity index (χ2v) is 7.12. The molecule has 0 aliphatic heterocycles. The molecule has 0 saturated heterocycles. The highest BCUT2D eigenvalue weighted by molar-refractivity contribution is 6.00. The van der Waals surface area contributed by atoms with Crippen molar-refractivity contribution in [1.82, 2.24) is 0 Å². The fraction of sp³-hybridized carbons (Fsp3) is 0.0769. The van der Waals surface area contributed by atoms with Crippen LogP contribution < -0.4 is 9.47 Å². The van der Waals surface area contributed by atoms with Gasteiger partial charge in [-0.3, -0.25) is 0 Å². The van der Waals surface area contributed by atoms with Crippen LogP contribution in [0.15, 0.2) is 84.9 Å². The maximum atomic E-state index is 12.6. The highest BCUT2D eigenvalue weighted by Crippen LogP contribution is 2.35. The van der Waals surface area contributed by atoms with Crippen molar-refractivity contribution in [2.45, 2.75) is 13.8 Å². The van der Waals surface area contributed by atoms with E-state index in [1.54, 1.807) is 48.5 Å². The van der Waals surface area contributed by atoms with Gasteiger partial charge in [0.2, 0.25) is 0 Å². The fourth-order valence-corrected chi connectivity index (χ4v) is 3.14. The molecule has 4 nitrogen and oxygen atoms in total. The first-order valence-electron chi connectivity index (χ1n) is 9.61. The van der Waals surface area contributed by atoms with E-state index < -0.39 is 11.9 Å². The average Bonchev–Trinajstić information content (AvgIpc) is 2.75. The highest BCUT2D eigenvalue weighted by atomic mass is 16.5. The summed E-state index contributed by atoms with van der Waals surface area (Å²) in [6.07, 6.45) is 0. The third-order valence-electron chi connectivity index (χ3n) is 4.81. The molecule has 0 amide bonds. The van der Waals surface area contributed by atoms with Crippen molar-refractivity contribution in [3.05, 3.63) is 107 Å². The number of fused-ring (bicyclic) bond motifs is 1. The number of rotatable bonds is 4. The molecule has 4 aromatic rings. The van der Waals surface area contributed by atoms with E-state index >= 15 is 0 Å². The van der Waals surface area contributed by atoms with Crippen LogP contribution in [0.4, 0.5) is 0 Å². The zero-order valence-corrected chi connectivity index (χ0v) is 16.7. The van der Waals surface area contributed by atoms with Crippen LogP contribution in [0.5, 0.6) is 11.5 Å². The van der Waals surface area contributed by atoms with Gasteiger partial charge in [0.05, 0.1) is 16.5 Å². The fourth-order valence-electron chi connectivity index (χ4n) is 3.14. The molecule has 0 aliphatic rings. The topological polar surface area (TPSA) is 52.6 Å². The summed E-state index contributed by atoms with van der Waals surface area (Å²) in [5.41, 5.74) is 3.02. The molecule has 148 valence electrons. The van der Waals surface area contributed by atoms with Gasteiger partial charge in [-0.25, -0.2) is 9.59 Å². The zero-order valence-electron chi connectivity index (χ0n) is 16.7. The number of hydrogen-bond donors (Lipinski definition) is 0. The van der Waals surface area contributed by atoms with Crippen LogP contribution in [0.3, 0.4) is 0 Å². The lowest BCUT2D eigenvalue weighted by molar-refractivity contribution is 0.0736. The SMILES string of the molecule is Cc1ccc(C(=O)Oc2cccc3cccc(OC(=O)c4ccc(C)cc4)c23)cc1. The Morgan fingerprint density at radius 2 is 0.967 bits per heavy atom. The molecule has 0 bridgehead atoms. The molecular formula is C26H20O4. The quantitative estimate of drug-likeness (QED) is 0.319. The summed E-state index contributed by atoms with van der Waals surface area (Å²) in [5.74, 6) is -0.264. The van der Waals surface area contributed by atoms with Gasteiger partial charge >= 0.3 is 11.9 Å². The van der Waals surface area contributed by atoms with Gasteiger partial charge in [-0.2, -0.15) is 0 Å². The Bertz CT molecular complexity index is 1130. The molecule has 0 atom stereocenters. The zero-order chi connectivity index (χ0) is 21.1. The minimum Gasteiger partial charge on any atom is -0.422 e. The molecule has 0 fully saturated rings. The number of benzene rings is 4. The Kier molecular flexibility index (Phi) is 5.31. The predicted molar refractivity (Wildman–Crippen MR) is 116 cm³/mol. The lowest BCUT2D eigenvalue weighted by Gasteiger charge is -2.12. The monoisotopic (exact) mass is 396 g/mol. The van der Waals surface area contributed by atoms with Gasteiger partial charge in [0.1, 0.15) is 11.5 Å². The molecule has 0 aromatic heterocycles. The summed E-state index contributed by atoms with van der Waals surface area (Å²) in [7, 11) is 0. The van der Waals surface area contributed by atoms with Crippen LogP contribution in [0.2, 0.25) is 0 Å². The number of carbonyl (C=O) groups excluding carboxylic acids is 2. The van der Waals surface area contributed by atoms with Crippen molar-refractivity contribution in [1.29, 1.82) is 0 Å². The van der Waals surface area contributed by atoms with E-state index in [4.69, 9.17) is 9.47 Å². The number of aryl methyl sites for hydroxylation is 2. The van der Waals surface area contributed by atoms with Crippen molar-refractivity contribution in [2.24, 2.45) is 0 Å². The van der Waals surface area contributed by atoms with Gasteiger partial charge in [-0.1, -0.05) is 59.7 Å². The summed E-state index contributed by atoms with van der Waals surface area (Å²) in [6, 6.07) is 25.0. The third-order valence-corrected chi connectivity index (χ3v) is 4.81. The van der Waals surface area contributed by atoms with Gasteiger partial charge in [-0.15, -0.1) is 0 Å². The van der Waals surface area contributed by atoms with Crippen molar-refractivity contribution >= 4 is 22.7 Å². The lowest BCUT2D eigenvalue weighted by atomic mass is 10.1. The van der Waals surface area contributed by atoms with Crippen molar-refractivity contribution in [3.63, 3.8) is 0 Å². The molecule has 0 N–H and O–H groups in total. The minimum atomic E-state index is -0.470. The first kappa shape index (κ1) is 19.4. The Morgan fingerprint density at radius 1 is 0.567 bits per heavy atom. The molecule has 0 heterocycles. The Hall–Kier alpha value is -3.92. The van der Waals surface area contributed by atoms with E-state index in [-0.39, 0.29) is 0 Å². The van der Waals surface area contributed by atoms with Crippen LogP contribution in [0.25, 0.3) is 10.8 Å². The number of carbonyl (C=O) groups is 2. The molecule has 0 radical (unpaired) electrons. The number of ether oxygens (including phenoxy) is 2. The van der Waals surface area contributed by atoms with E-state index in [9.17, 15) is 9.59 Å². The molecule has 0 spiro atoms. The maximum absolute atomic E-state index is 12.6. The first-order chi connectivity index (χ1) is 14.5.